The summed E-state index contributed by atoms with van der Waals surface area (Å²) in [6.45, 7) is 1.39. The second kappa shape index (κ2) is 7.63. The third-order valence-electron chi connectivity index (χ3n) is 3.21. The molecule has 2 aromatic rings. The van der Waals surface area contributed by atoms with Crippen LogP contribution >= 0.6 is 11.6 Å². The van der Waals surface area contributed by atoms with Crippen LogP contribution in [0.4, 0.5) is 17.1 Å². The summed E-state index contributed by atoms with van der Waals surface area (Å²) in [6.07, 6.45) is -1.11. The van der Waals surface area contributed by atoms with Gasteiger partial charge in [-0.2, -0.15) is 0 Å². The number of nitro groups is 1. The summed E-state index contributed by atoms with van der Waals surface area (Å²) in [7, 11) is 0. The summed E-state index contributed by atoms with van der Waals surface area (Å²) >= 11 is 5.83. The number of anilines is 2. The number of nitrogen functional groups attached to an aromatic ring is 1. The molecular weight excluding hydrogens is 350 g/mol. The van der Waals surface area contributed by atoms with Gasteiger partial charge in [0.1, 0.15) is 0 Å². The number of non-ortho nitro benzene ring substituents is 1. The molecule has 0 radical (unpaired) electrons. The molecule has 0 aliphatic carbocycles. The quantitative estimate of drug-likeness (QED) is 0.364. The Morgan fingerprint density at radius 3 is 2.60 bits per heavy atom. The van der Waals surface area contributed by atoms with E-state index in [0.29, 0.717) is 10.7 Å². The second-order valence-electron chi connectivity index (χ2n) is 5.08. The summed E-state index contributed by atoms with van der Waals surface area (Å²) in [4.78, 5) is 34.2. The first-order valence-electron chi connectivity index (χ1n) is 7.09. The molecule has 0 aromatic heterocycles. The van der Waals surface area contributed by atoms with Crippen molar-refractivity contribution >= 4 is 40.5 Å². The maximum Gasteiger partial charge on any atom is 0.341 e. The first-order valence-corrected chi connectivity index (χ1v) is 7.47. The number of esters is 1. The Bertz CT molecular complexity index is 840. The number of benzene rings is 2. The summed E-state index contributed by atoms with van der Waals surface area (Å²) < 4.78 is 5.05. The van der Waals surface area contributed by atoms with Gasteiger partial charge in [0, 0.05) is 22.8 Å². The van der Waals surface area contributed by atoms with Gasteiger partial charge in [0.25, 0.3) is 11.6 Å². The molecule has 0 saturated heterocycles. The Kier molecular flexibility index (Phi) is 5.56. The average Bonchev–Trinajstić information content (AvgIpc) is 2.54. The van der Waals surface area contributed by atoms with Gasteiger partial charge in [-0.05, 0) is 31.2 Å². The highest BCUT2D eigenvalue weighted by atomic mass is 35.5. The van der Waals surface area contributed by atoms with Crippen LogP contribution in [0.25, 0.3) is 0 Å². The van der Waals surface area contributed by atoms with Crippen molar-refractivity contribution in [2.45, 2.75) is 13.0 Å². The molecule has 130 valence electrons. The zero-order chi connectivity index (χ0) is 18.6. The maximum atomic E-state index is 12.1. The minimum absolute atomic E-state index is 0.0620. The van der Waals surface area contributed by atoms with Crippen molar-refractivity contribution in [3.05, 3.63) is 63.2 Å². The fourth-order valence-corrected chi connectivity index (χ4v) is 2.13. The van der Waals surface area contributed by atoms with E-state index in [1.807, 2.05) is 0 Å². The zero-order valence-corrected chi connectivity index (χ0v) is 13.8. The Morgan fingerprint density at radius 1 is 1.28 bits per heavy atom. The van der Waals surface area contributed by atoms with Gasteiger partial charge >= 0.3 is 5.97 Å². The molecule has 0 spiro atoms. The van der Waals surface area contributed by atoms with E-state index in [1.165, 1.54) is 13.0 Å². The molecule has 0 heterocycles. The minimum Gasteiger partial charge on any atom is -0.449 e. The van der Waals surface area contributed by atoms with E-state index in [0.717, 1.165) is 12.1 Å². The number of amides is 1. The van der Waals surface area contributed by atoms with Gasteiger partial charge in [0.2, 0.25) is 0 Å². The average molecular weight is 364 g/mol. The monoisotopic (exact) mass is 363 g/mol. The third kappa shape index (κ3) is 4.67. The molecule has 1 atom stereocenters. The number of nitrogens with one attached hydrogen (secondary N) is 1. The lowest BCUT2D eigenvalue weighted by Gasteiger charge is -2.14. The van der Waals surface area contributed by atoms with Gasteiger partial charge in [-0.1, -0.05) is 17.7 Å². The van der Waals surface area contributed by atoms with E-state index in [2.05, 4.69) is 5.32 Å². The van der Waals surface area contributed by atoms with Crippen LogP contribution in [-0.2, 0) is 9.53 Å². The van der Waals surface area contributed by atoms with Crippen LogP contribution in [0, 0.1) is 10.1 Å². The van der Waals surface area contributed by atoms with Crippen LogP contribution in [-0.4, -0.2) is 22.9 Å². The Balaban J connectivity index is 2.04. The number of carbonyl (C=O) groups is 2. The topological polar surface area (TPSA) is 125 Å². The molecule has 25 heavy (non-hydrogen) atoms. The first-order chi connectivity index (χ1) is 11.8. The lowest BCUT2D eigenvalue weighted by molar-refractivity contribution is -0.384. The minimum atomic E-state index is -1.11. The smallest absolute Gasteiger partial charge is 0.341 e. The molecule has 0 fully saturated rings. The maximum absolute atomic E-state index is 12.1. The zero-order valence-electron chi connectivity index (χ0n) is 13.1. The van der Waals surface area contributed by atoms with E-state index in [1.54, 1.807) is 24.3 Å². The number of hydrogen-bond donors (Lipinski definition) is 2. The van der Waals surface area contributed by atoms with Crippen LogP contribution in [0.1, 0.15) is 17.3 Å². The Morgan fingerprint density at radius 2 is 2.00 bits per heavy atom. The molecule has 0 aliphatic rings. The van der Waals surface area contributed by atoms with Crippen molar-refractivity contribution in [1.82, 2.24) is 0 Å². The molecule has 0 saturated carbocycles. The van der Waals surface area contributed by atoms with E-state index < -0.39 is 22.9 Å². The van der Waals surface area contributed by atoms with E-state index in [4.69, 9.17) is 22.1 Å². The van der Waals surface area contributed by atoms with E-state index in [9.17, 15) is 19.7 Å². The molecule has 2 rings (SSSR count). The molecule has 1 amide bonds. The van der Waals surface area contributed by atoms with Crippen molar-refractivity contribution < 1.29 is 19.2 Å². The summed E-state index contributed by atoms with van der Waals surface area (Å²) in [5, 5.41) is 13.7. The van der Waals surface area contributed by atoms with Crippen LogP contribution in [0.15, 0.2) is 42.5 Å². The number of nitrogens with zero attached hydrogens (tertiary/aromatic N) is 1. The summed E-state index contributed by atoms with van der Waals surface area (Å²) in [5.74, 6) is -1.42. The number of nitrogens with two attached hydrogens (primary N) is 1. The predicted octanol–water partition coefficient (Wildman–Crippen LogP) is 3.01. The molecule has 2 aromatic carbocycles. The summed E-state index contributed by atoms with van der Waals surface area (Å²) in [6, 6.07) is 9.84. The highest BCUT2D eigenvalue weighted by molar-refractivity contribution is 6.30. The van der Waals surface area contributed by atoms with Gasteiger partial charge in [0.05, 0.1) is 16.2 Å². The predicted molar refractivity (Wildman–Crippen MR) is 92.5 cm³/mol. The van der Waals surface area contributed by atoms with Gasteiger partial charge in [-0.25, -0.2) is 4.79 Å². The third-order valence-corrected chi connectivity index (χ3v) is 3.45. The highest BCUT2D eigenvalue weighted by Crippen LogP contribution is 2.21. The molecule has 8 nitrogen and oxygen atoms in total. The normalized spacial score (nSPS) is 11.4. The number of nitro benzene ring substituents is 1. The number of hydrogen-bond acceptors (Lipinski definition) is 6. The van der Waals surface area contributed by atoms with Crippen LogP contribution in [0.5, 0.6) is 0 Å². The number of ether oxygens (including phenoxy) is 1. The molecule has 0 bridgehead atoms. The van der Waals surface area contributed by atoms with E-state index in [-0.39, 0.29) is 16.9 Å². The molecule has 9 heteroatoms. The van der Waals surface area contributed by atoms with Crippen molar-refractivity contribution in [3.63, 3.8) is 0 Å². The largest absolute Gasteiger partial charge is 0.449 e. The van der Waals surface area contributed by atoms with Crippen LogP contribution in [0.2, 0.25) is 5.02 Å². The van der Waals surface area contributed by atoms with Gasteiger partial charge in [-0.15, -0.1) is 0 Å². The van der Waals surface area contributed by atoms with Gasteiger partial charge in [0.15, 0.2) is 6.10 Å². The standard InChI is InChI=1S/C16H14ClN3O5/c1-9(15(21)19-11-4-2-3-10(17)7-11)25-16(22)13-6-5-12(20(23)24)8-14(13)18/h2-9H,18H2,1H3,(H,19,21). The van der Waals surface area contributed by atoms with Crippen molar-refractivity contribution in [1.29, 1.82) is 0 Å². The van der Waals surface area contributed by atoms with Crippen LogP contribution in [0.3, 0.4) is 0 Å². The highest BCUT2D eigenvalue weighted by Gasteiger charge is 2.21. The number of halogens is 1. The Labute approximate surface area is 147 Å². The second-order valence-corrected chi connectivity index (χ2v) is 5.51. The fourth-order valence-electron chi connectivity index (χ4n) is 1.94. The molecule has 3 N–H and O–H groups in total. The van der Waals surface area contributed by atoms with Crippen molar-refractivity contribution in [3.8, 4) is 0 Å². The molecule has 0 aliphatic heterocycles. The Hall–Kier alpha value is -3.13. The van der Waals surface area contributed by atoms with Gasteiger partial charge in [-0.3, -0.25) is 14.9 Å². The van der Waals surface area contributed by atoms with Gasteiger partial charge < -0.3 is 15.8 Å². The van der Waals surface area contributed by atoms with Crippen molar-refractivity contribution in [2.75, 3.05) is 11.1 Å². The van der Waals surface area contributed by atoms with Crippen molar-refractivity contribution in [2.24, 2.45) is 0 Å². The SMILES string of the molecule is CC(OC(=O)c1ccc([N+](=O)[O-])cc1N)C(=O)Nc1cccc(Cl)c1. The number of rotatable bonds is 5. The lowest BCUT2D eigenvalue weighted by Crippen LogP contribution is -2.30. The van der Waals surface area contributed by atoms with E-state index >= 15 is 0 Å². The molecule has 1 unspecified atom stereocenters. The van der Waals surface area contributed by atoms with Crippen LogP contribution < -0.4 is 11.1 Å². The first kappa shape index (κ1) is 18.2. The number of carbonyl (C=O) groups excluding carboxylic acids is 2. The lowest BCUT2D eigenvalue weighted by atomic mass is 10.1. The molecular formula is C16H14ClN3O5. The fraction of sp³-hybridized carbons (Fsp3) is 0.125. The summed E-state index contributed by atoms with van der Waals surface area (Å²) in [5.41, 5.74) is 5.66.